The first kappa shape index (κ1) is 10.4. The molecular weight excluding hydrogens is 202 g/mol. The van der Waals surface area contributed by atoms with Crippen LogP contribution in [0.4, 0.5) is 0 Å². The van der Waals surface area contributed by atoms with E-state index in [-0.39, 0.29) is 0 Å². The van der Waals surface area contributed by atoms with Crippen molar-refractivity contribution >= 4 is 14.1 Å². The number of rotatable bonds is 2. The SMILES string of the molecule is C[Si](C)(C)N1C(=O)CC1c1ccccc1. The summed E-state index contributed by atoms with van der Waals surface area (Å²) in [5.41, 5.74) is 1.28. The van der Waals surface area contributed by atoms with Crippen LogP contribution in [0, 0.1) is 0 Å². The Balaban J connectivity index is 2.23. The van der Waals surface area contributed by atoms with Gasteiger partial charge in [0, 0.05) is 6.42 Å². The normalized spacial score (nSPS) is 21.4. The van der Waals surface area contributed by atoms with Gasteiger partial charge in [0.2, 0.25) is 5.91 Å². The highest BCUT2D eigenvalue weighted by molar-refractivity contribution is 6.76. The van der Waals surface area contributed by atoms with Gasteiger partial charge in [0.25, 0.3) is 0 Å². The molecule has 1 aliphatic rings. The van der Waals surface area contributed by atoms with Crippen LogP contribution >= 0.6 is 0 Å². The van der Waals surface area contributed by atoms with E-state index in [1.165, 1.54) is 5.56 Å². The summed E-state index contributed by atoms with van der Waals surface area (Å²) in [5.74, 6) is 0.322. The summed E-state index contributed by atoms with van der Waals surface area (Å²) in [7, 11) is -1.50. The fraction of sp³-hybridized carbons (Fsp3) is 0.417. The quantitative estimate of drug-likeness (QED) is 0.553. The van der Waals surface area contributed by atoms with Gasteiger partial charge in [-0.1, -0.05) is 50.0 Å². The van der Waals surface area contributed by atoms with E-state index in [2.05, 4.69) is 36.3 Å². The largest absolute Gasteiger partial charge is 0.363 e. The van der Waals surface area contributed by atoms with Crippen molar-refractivity contribution in [2.24, 2.45) is 0 Å². The zero-order valence-corrected chi connectivity index (χ0v) is 10.5. The lowest BCUT2D eigenvalue weighted by Crippen LogP contribution is -2.59. The Morgan fingerprint density at radius 2 is 1.80 bits per heavy atom. The number of benzene rings is 1. The molecule has 15 heavy (non-hydrogen) atoms. The lowest BCUT2D eigenvalue weighted by Gasteiger charge is -2.48. The first-order valence-corrected chi connectivity index (χ1v) is 8.82. The molecule has 2 nitrogen and oxygen atoms in total. The Morgan fingerprint density at radius 1 is 1.20 bits per heavy atom. The van der Waals surface area contributed by atoms with Crippen molar-refractivity contribution in [3.63, 3.8) is 0 Å². The fourth-order valence-corrected chi connectivity index (χ4v) is 4.22. The lowest BCUT2D eigenvalue weighted by molar-refractivity contribution is -0.139. The number of hydrogen-bond acceptors (Lipinski definition) is 1. The predicted octanol–water partition coefficient (Wildman–Crippen LogP) is 2.79. The number of carbonyl (C=O) groups is 1. The van der Waals surface area contributed by atoms with Gasteiger partial charge in [-0.3, -0.25) is 4.79 Å². The van der Waals surface area contributed by atoms with Crippen LogP contribution in [0.15, 0.2) is 30.3 Å². The Morgan fingerprint density at radius 3 is 2.27 bits per heavy atom. The van der Waals surface area contributed by atoms with Gasteiger partial charge >= 0.3 is 0 Å². The van der Waals surface area contributed by atoms with E-state index in [0.717, 1.165) is 0 Å². The summed E-state index contributed by atoms with van der Waals surface area (Å²) in [5, 5.41) is 0. The smallest absolute Gasteiger partial charge is 0.217 e. The van der Waals surface area contributed by atoms with Gasteiger partial charge in [0.05, 0.1) is 6.04 Å². The third kappa shape index (κ3) is 1.84. The van der Waals surface area contributed by atoms with Crippen LogP contribution in [0.3, 0.4) is 0 Å². The Kier molecular flexibility index (Phi) is 2.42. The highest BCUT2D eigenvalue weighted by Crippen LogP contribution is 2.38. The second kappa shape index (κ2) is 3.49. The van der Waals surface area contributed by atoms with Crippen LogP contribution < -0.4 is 0 Å². The van der Waals surface area contributed by atoms with Gasteiger partial charge in [0.15, 0.2) is 8.24 Å². The summed E-state index contributed by atoms with van der Waals surface area (Å²) in [6.07, 6.45) is 0.689. The van der Waals surface area contributed by atoms with Crippen molar-refractivity contribution in [1.82, 2.24) is 4.57 Å². The molecule has 0 aromatic heterocycles. The molecule has 3 heteroatoms. The van der Waals surface area contributed by atoms with Gasteiger partial charge < -0.3 is 4.57 Å². The van der Waals surface area contributed by atoms with Crippen LogP contribution in [0.1, 0.15) is 18.0 Å². The summed E-state index contributed by atoms with van der Waals surface area (Å²) in [6.45, 7) is 6.67. The van der Waals surface area contributed by atoms with Gasteiger partial charge in [-0.25, -0.2) is 0 Å². The van der Waals surface area contributed by atoms with Gasteiger partial charge in [0.1, 0.15) is 0 Å². The highest BCUT2D eigenvalue weighted by Gasteiger charge is 2.43. The molecule has 0 bridgehead atoms. The van der Waals surface area contributed by atoms with Gasteiger partial charge in [-0.05, 0) is 5.56 Å². The molecule has 0 saturated carbocycles. The molecule has 2 rings (SSSR count). The van der Waals surface area contributed by atoms with E-state index in [1.54, 1.807) is 0 Å². The molecule has 1 heterocycles. The van der Waals surface area contributed by atoms with E-state index in [0.29, 0.717) is 18.4 Å². The van der Waals surface area contributed by atoms with Crippen molar-refractivity contribution in [1.29, 1.82) is 0 Å². The van der Waals surface area contributed by atoms with E-state index in [1.807, 2.05) is 18.2 Å². The molecule has 80 valence electrons. The zero-order chi connectivity index (χ0) is 11.1. The molecule has 1 aliphatic heterocycles. The second-order valence-electron chi connectivity index (χ2n) is 5.07. The third-order valence-electron chi connectivity index (χ3n) is 2.86. The average Bonchev–Trinajstić information content (AvgIpc) is 2.12. The van der Waals surface area contributed by atoms with Crippen molar-refractivity contribution in [2.75, 3.05) is 0 Å². The van der Waals surface area contributed by atoms with Crippen molar-refractivity contribution in [2.45, 2.75) is 32.1 Å². The second-order valence-corrected chi connectivity index (χ2v) is 9.89. The van der Waals surface area contributed by atoms with Crippen molar-refractivity contribution in [3.05, 3.63) is 35.9 Å². The third-order valence-corrected chi connectivity index (χ3v) is 4.86. The van der Waals surface area contributed by atoms with E-state index in [9.17, 15) is 4.79 Å². The van der Waals surface area contributed by atoms with Gasteiger partial charge in [-0.15, -0.1) is 0 Å². The first-order chi connectivity index (χ1) is 7.00. The summed E-state index contributed by atoms with van der Waals surface area (Å²) in [4.78, 5) is 11.6. The minimum absolute atomic E-state index is 0.322. The maximum absolute atomic E-state index is 11.6. The number of hydrogen-bond donors (Lipinski definition) is 0. The summed E-state index contributed by atoms with van der Waals surface area (Å²) < 4.78 is 2.11. The average molecular weight is 219 g/mol. The predicted molar refractivity (Wildman–Crippen MR) is 64.0 cm³/mol. The molecule has 1 amide bonds. The number of nitrogens with zero attached hydrogens (tertiary/aromatic N) is 1. The van der Waals surface area contributed by atoms with Gasteiger partial charge in [-0.2, -0.15) is 0 Å². The maximum Gasteiger partial charge on any atom is 0.217 e. The molecule has 1 atom stereocenters. The Bertz CT molecular complexity index is 369. The van der Waals surface area contributed by atoms with E-state index >= 15 is 0 Å². The van der Waals surface area contributed by atoms with E-state index in [4.69, 9.17) is 0 Å². The molecule has 0 aliphatic carbocycles. The van der Waals surface area contributed by atoms with Crippen molar-refractivity contribution in [3.8, 4) is 0 Å². The summed E-state index contributed by atoms with van der Waals surface area (Å²) in [6, 6.07) is 10.7. The van der Waals surface area contributed by atoms with Crippen LogP contribution in [-0.2, 0) is 4.79 Å². The molecule has 1 unspecified atom stereocenters. The molecule has 0 spiro atoms. The van der Waals surface area contributed by atoms with E-state index < -0.39 is 8.24 Å². The number of β-lactam (4-membered cyclic amide) rings is 1. The minimum Gasteiger partial charge on any atom is -0.363 e. The Labute approximate surface area is 92.0 Å². The molecule has 1 saturated heterocycles. The Hall–Kier alpha value is -1.09. The zero-order valence-electron chi connectivity index (χ0n) is 9.53. The minimum atomic E-state index is -1.50. The standard InChI is InChI=1S/C12H17NOSi/c1-15(2,3)13-11(9-12(13)14)10-7-5-4-6-8-10/h4-8,11H,9H2,1-3H3. The topological polar surface area (TPSA) is 20.3 Å². The van der Waals surface area contributed by atoms with Crippen molar-refractivity contribution < 1.29 is 4.79 Å². The molecule has 1 fully saturated rings. The first-order valence-electron chi connectivity index (χ1n) is 5.37. The van der Waals surface area contributed by atoms with Crippen LogP contribution in [0.2, 0.25) is 19.6 Å². The molecule has 1 aromatic carbocycles. The fourth-order valence-electron chi connectivity index (χ4n) is 2.20. The number of amides is 1. The maximum atomic E-state index is 11.6. The molecule has 0 radical (unpaired) electrons. The summed E-state index contributed by atoms with van der Waals surface area (Å²) >= 11 is 0. The molecular formula is C12H17NOSi. The molecule has 0 N–H and O–H groups in total. The van der Waals surface area contributed by atoms with Crippen LogP contribution in [-0.4, -0.2) is 18.7 Å². The highest BCUT2D eigenvalue weighted by atomic mass is 28.3. The van der Waals surface area contributed by atoms with Crippen LogP contribution in [0.25, 0.3) is 0 Å². The molecule has 1 aromatic rings. The van der Waals surface area contributed by atoms with Crippen LogP contribution in [0.5, 0.6) is 0 Å². The lowest BCUT2D eigenvalue weighted by atomic mass is 9.97. The number of carbonyl (C=O) groups excluding carboxylic acids is 1. The monoisotopic (exact) mass is 219 g/mol.